The molecule has 0 unspecified atom stereocenters. The fraction of sp³-hybridized carbons (Fsp3) is 0.238. The number of fused-ring (bicyclic) bond motifs is 1. The summed E-state index contributed by atoms with van der Waals surface area (Å²) in [6.45, 7) is 5.76. The van der Waals surface area contributed by atoms with Crippen molar-refractivity contribution >= 4 is 28.2 Å². The normalized spacial score (nSPS) is 14.8. The third-order valence-corrected chi connectivity index (χ3v) is 4.62. The second-order valence-corrected chi connectivity index (χ2v) is 6.97. The molecular weight excluding hydrogens is 374 g/mol. The van der Waals surface area contributed by atoms with Crippen LogP contribution in [0.25, 0.3) is 27.9 Å². The van der Waals surface area contributed by atoms with Crippen LogP contribution in [0.15, 0.2) is 49.5 Å². The van der Waals surface area contributed by atoms with Crippen molar-refractivity contribution in [3.05, 3.63) is 60.3 Å². The minimum Gasteiger partial charge on any atom is -0.487 e. The van der Waals surface area contributed by atoms with E-state index >= 15 is 0 Å². The van der Waals surface area contributed by atoms with Crippen molar-refractivity contribution in [2.24, 2.45) is 7.05 Å². The molecule has 3 heterocycles. The molecule has 142 valence electrons. The Bertz CT molecular complexity index is 1110. The van der Waals surface area contributed by atoms with Gasteiger partial charge in [-0.1, -0.05) is 42.5 Å². The summed E-state index contributed by atoms with van der Waals surface area (Å²) in [6.07, 6.45) is 13.4. The van der Waals surface area contributed by atoms with Crippen LogP contribution in [0.1, 0.15) is 25.5 Å². The minimum absolute atomic E-state index is 0.232. The van der Waals surface area contributed by atoms with Gasteiger partial charge in [-0.05, 0) is 19.8 Å². The molecule has 0 atom stereocenters. The van der Waals surface area contributed by atoms with Crippen LogP contribution in [0.5, 0.6) is 5.75 Å². The third-order valence-electron chi connectivity index (χ3n) is 4.35. The van der Waals surface area contributed by atoms with Gasteiger partial charge in [-0.15, -0.1) is 0 Å². The Morgan fingerprint density at radius 2 is 2.18 bits per heavy atom. The molecule has 0 spiro atoms. The van der Waals surface area contributed by atoms with E-state index in [4.69, 9.17) is 16.3 Å². The largest absolute Gasteiger partial charge is 0.487 e. The van der Waals surface area contributed by atoms with Gasteiger partial charge >= 0.3 is 0 Å². The highest BCUT2D eigenvalue weighted by Gasteiger charge is 2.26. The van der Waals surface area contributed by atoms with Gasteiger partial charge in [0.05, 0.1) is 11.6 Å². The lowest BCUT2D eigenvalue weighted by Gasteiger charge is -2.09. The molecule has 28 heavy (non-hydrogen) atoms. The summed E-state index contributed by atoms with van der Waals surface area (Å²) in [5.74, 6) is 0.564. The number of aryl methyl sites for hydroxylation is 1. The van der Waals surface area contributed by atoms with Crippen LogP contribution < -0.4 is 4.74 Å². The first-order valence-electron chi connectivity index (χ1n) is 9.08. The summed E-state index contributed by atoms with van der Waals surface area (Å²) >= 11 is 6.39. The smallest absolute Gasteiger partial charge is 0.171 e. The van der Waals surface area contributed by atoms with E-state index in [1.807, 2.05) is 44.5 Å². The zero-order valence-electron chi connectivity index (χ0n) is 15.8. The summed E-state index contributed by atoms with van der Waals surface area (Å²) in [5.41, 5.74) is 4.54. The number of allylic oxidation sites excluding steroid dienone is 5. The Kier molecular flexibility index (Phi) is 4.96. The number of rotatable bonds is 6. The molecule has 1 saturated carbocycles. The molecule has 1 aliphatic rings. The van der Waals surface area contributed by atoms with Crippen molar-refractivity contribution in [3.8, 4) is 17.0 Å². The monoisotopic (exact) mass is 393 g/mol. The van der Waals surface area contributed by atoms with Gasteiger partial charge in [0.2, 0.25) is 0 Å². The number of ether oxygens (including phenoxy) is 1. The topological polar surface area (TPSA) is 65.7 Å². The van der Waals surface area contributed by atoms with E-state index in [0.717, 1.165) is 29.7 Å². The molecule has 4 rings (SSSR count). The first-order valence-corrected chi connectivity index (χ1v) is 9.46. The number of aromatic nitrogens is 5. The van der Waals surface area contributed by atoms with Crippen LogP contribution in [0.3, 0.4) is 0 Å². The number of hydrogen-bond donors (Lipinski definition) is 0. The molecule has 1 fully saturated rings. The maximum absolute atomic E-state index is 6.39. The Morgan fingerprint density at radius 3 is 2.89 bits per heavy atom. The molecule has 6 nitrogen and oxygen atoms in total. The Morgan fingerprint density at radius 1 is 1.36 bits per heavy atom. The standard InChI is InChI=1S/C21H20ClN5O/c1-4-6-13(7-5-2)18-15(11-27(3)26-18)19-20-16(23-12-24-19)10-17(21(22)25-20)28-14-8-9-14/h4-7,10-12,14H,1,8-9H2,2-3H3/b7-5-,13-6+. The average Bonchev–Trinajstić information content (AvgIpc) is 3.41. The molecule has 7 heteroatoms. The zero-order valence-corrected chi connectivity index (χ0v) is 16.5. The van der Waals surface area contributed by atoms with Crippen molar-refractivity contribution < 1.29 is 4.74 Å². The highest BCUT2D eigenvalue weighted by Crippen LogP contribution is 2.36. The predicted octanol–water partition coefficient (Wildman–Crippen LogP) is 4.77. The fourth-order valence-corrected chi connectivity index (χ4v) is 3.17. The number of nitrogens with zero attached hydrogens (tertiary/aromatic N) is 5. The van der Waals surface area contributed by atoms with Crippen molar-refractivity contribution in [1.29, 1.82) is 0 Å². The molecular formula is C21H20ClN5O. The lowest BCUT2D eigenvalue weighted by molar-refractivity contribution is 0.302. The first kappa shape index (κ1) is 18.4. The molecule has 0 aromatic carbocycles. The fourth-order valence-electron chi connectivity index (χ4n) is 2.99. The second kappa shape index (κ2) is 7.56. The SMILES string of the molecule is C=C/C=C(\C=C/C)c1nn(C)cc1-c1ncnc2cc(OC3CC3)c(Cl)nc12. The maximum Gasteiger partial charge on any atom is 0.171 e. The Labute approximate surface area is 168 Å². The number of hydrogen-bond acceptors (Lipinski definition) is 5. The van der Waals surface area contributed by atoms with Gasteiger partial charge in [0.1, 0.15) is 23.2 Å². The Balaban J connectivity index is 1.89. The summed E-state index contributed by atoms with van der Waals surface area (Å²) in [6, 6.07) is 1.83. The maximum atomic E-state index is 6.39. The summed E-state index contributed by atoms with van der Waals surface area (Å²) in [5, 5.41) is 4.94. The van der Waals surface area contributed by atoms with Gasteiger partial charge in [0, 0.05) is 30.4 Å². The van der Waals surface area contributed by atoms with Crippen molar-refractivity contribution in [2.75, 3.05) is 0 Å². The first-order chi connectivity index (χ1) is 13.6. The van der Waals surface area contributed by atoms with Gasteiger partial charge < -0.3 is 4.74 Å². The van der Waals surface area contributed by atoms with Gasteiger partial charge in [0.25, 0.3) is 0 Å². The molecule has 0 bridgehead atoms. The Hall–Kier alpha value is -2.99. The van der Waals surface area contributed by atoms with Crippen LogP contribution in [-0.2, 0) is 7.05 Å². The highest BCUT2D eigenvalue weighted by atomic mass is 35.5. The predicted molar refractivity (Wildman–Crippen MR) is 111 cm³/mol. The van der Waals surface area contributed by atoms with E-state index in [1.54, 1.807) is 10.8 Å². The lowest BCUT2D eigenvalue weighted by Crippen LogP contribution is -2.00. The van der Waals surface area contributed by atoms with Crippen LogP contribution in [0.4, 0.5) is 0 Å². The summed E-state index contributed by atoms with van der Waals surface area (Å²) in [4.78, 5) is 13.4. The highest BCUT2D eigenvalue weighted by molar-refractivity contribution is 6.31. The van der Waals surface area contributed by atoms with Gasteiger partial charge in [-0.2, -0.15) is 5.10 Å². The molecule has 0 amide bonds. The summed E-state index contributed by atoms with van der Waals surface area (Å²) in [7, 11) is 1.87. The van der Waals surface area contributed by atoms with Crippen molar-refractivity contribution in [1.82, 2.24) is 24.7 Å². The van der Waals surface area contributed by atoms with E-state index in [9.17, 15) is 0 Å². The molecule has 3 aromatic heterocycles. The van der Waals surface area contributed by atoms with Crippen molar-refractivity contribution in [2.45, 2.75) is 25.9 Å². The molecule has 0 saturated heterocycles. The van der Waals surface area contributed by atoms with Gasteiger partial charge in [-0.25, -0.2) is 15.0 Å². The van der Waals surface area contributed by atoms with Gasteiger partial charge in [0.15, 0.2) is 10.9 Å². The van der Waals surface area contributed by atoms with E-state index in [1.165, 1.54) is 6.33 Å². The minimum atomic E-state index is 0.232. The molecule has 0 aliphatic heterocycles. The van der Waals surface area contributed by atoms with Gasteiger partial charge in [-0.3, -0.25) is 4.68 Å². The summed E-state index contributed by atoms with van der Waals surface area (Å²) < 4.78 is 7.59. The number of halogens is 1. The molecule has 1 aliphatic carbocycles. The molecule has 3 aromatic rings. The van der Waals surface area contributed by atoms with E-state index in [-0.39, 0.29) is 6.10 Å². The van der Waals surface area contributed by atoms with E-state index < -0.39 is 0 Å². The molecule has 0 radical (unpaired) electrons. The van der Waals surface area contributed by atoms with E-state index in [2.05, 4.69) is 26.6 Å². The quantitative estimate of drug-likeness (QED) is 0.446. The number of pyridine rings is 1. The molecule has 0 N–H and O–H groups in total. The second-order valence-electron chi connectivity index (χ2n) is 6.61. The lowest BCUT2D eigenvalue weighted by atomic mass is 10.0. The van der Waals surface area contributed by atoms with Crippen molar-refractivity contribution in [3.63, 3.8) is 0 Å². The average molecular weight is 394 g/mol. The van der Waals surface area contributed by atoms with Crippen LogP contribution in [0, 0.1) is 0 Å². The third kappa shape index (κ3) is 3.55. The van der Waals surface area contributed by atoms with Crippen LogP contribution in [0.2, 0.25) is 5.15 Å². The van der Waals surface area contributed by atoms with E-state index in [0.29, 0.717) is 27.6 Å². The van der Waals surface area contributed by atoms with Crippen LogP contribution in [-0.4, -0.2) is 30.8 Å². The zero-order chi connectivity index (χ0) is 19.7. The van der Waals surface area contributed by atoms with Crippen LogP contribution >= 0.6 is 11.6 Å².